The van der Waals surface area contributed by atoms with E-state index in [0.717, 1.165) is 24.2 Å². The lowest BCUT2D eigenvalue weighted by Gasteiger charge is -2.24. The summed E-state index contributed by atoms with van der Waals surface area (Å²) in [7, 11) is 1.64. The van der Waals surface area contributed by atoms with Crippen LogP contribution in [0.2, 0.25) is 5.02 Å². The van der Waals surface area contributed by atoms with Gasteiger partial charge in [0.05, 0.1) is 18.3 Å². The van der Waals surface area contributed by atoms with Crippen LogP contribution in [-0.4, -0.2) is 33.7 Å². The highest BCUT2D eigenvalue weighted by Gasteiger charge is 2.35. The van der Waals surface area contributed by atoms with E-state index >= 15 is 0 Å². The van der Waals surface area contributed by atoms with Crippen LogP contribution in [0.25, 0.3) is 0 Å². The Kier molecular flexibility index (Phi) is 4.57. The van der Waals surface area contributed by atoms with Crippen LogP contribution in [0.5, 0.6) is 5.75 Å². The molecule has 1 amide bonds. The summed E-state index contributed by atoms with van der Waals surface area (Å²) in [6, 6.07) is 8.04. The van der Waals surface area contributed by atoms with Crippen molar-refractivity contribution >= 4 is 17.5 Å². The lowest BCUT2D eigenvalue weighted by molar-refractivity contribution is 0.0716. The number of hydrogen-bond donors (Lipinski definition) is 0. The van der Waals surface area contributed by atoms with Gasteiger partial charge in [0, 0.05) is 24.7 Å². The number of aryl methyl sites for hydroxylation is 1. The normalized spacial score (nSPS) is 13.9. The first-order valence-corrected chi connectivity index (χ1v) is 8.17. The van der Waals surface area contributed by atoms with Crippen molar-refractivity contribution in [3.63, 3.8) is 0 Å². The van der Waals surface area contributed by atoms with Crippen molar-refractivity contribution in [1.82, 2.24) is 14.7 Å². The molecule has 0 radical (unpaired) electrons. The third-order valence-corrected chi connectivity index (χ3v) is 4.36. The number of para-hydroxylation sites is 1. The number of rotatable bonds is 6. The molecule has 0 N–H and O–H groups in total. The van der Waals surface area contributed by atoms with Crippen LogP contribution in [-0.2, 0) is 13.1 Å². The zero-order valence-corrected chi connectivity index (χ0v) is 14.1. The molecule has 0 bridgehead atoms. The Morgan fingerprint density at radius 3 is 2.83 bits per heavy atom. The molecule has 122 valence electrons. The second-order valence-electron chi connectivity index (χ2n) is 5.63. The minimum absolute atomic E-state index is 0.0669. The fraction of sp³-hybridized carbons (Fsp3) is 0.412. The highest BCUT2D eigenvalue weighted by atomic mass is 35.5. The number of carbonyl (C=O) groups excluding carboxylic acids is 1. The summed E-state index contributed by atoms with van der Waals surface area (Å²) in [4.78, 5) is 14.9. The van der Waals surface area contributed by atoms with Crippen LogP contribution in [0.3, 0.4) is 0 Å². The van der Waals surface area contributed by atoms with E-state index in [9.17, 15) is 4.79 Å². The van der Waals surface area contributed by atoms with E-state index in [2.05, 4.69) is 5.10 Å². The largest absolute Gasteiger partial charge is 0.496 e. The Balaban J connectivity index is 1.90. The number of nitrogens with zero attached hydrogens (tertiary/aromatic N) is 3. The topological polar surface area (TPSA) is 47.4 Å². The van der Waals surface area contributed by atoms with Crippen LogP contribution >= 0.6 is 11.6 Å². The van der Waals surface area contributed by atoms with Gasteiger partial charge in [-0.25, -0.2) is 0 Å². The van der Waals surface area contributed by atoms with E-state index in [1.165, 1.54) is 6.20 Å². The molecule has 1 aliphatic carbocycles. The molecule has 3 rings (SSSR count). The van der Waals surface area contributed by atoms with Crippen molar-refractivity contribution in [3.8, 4) is 5.75 Å². The van der Waals surface area contributed by atoms with Crippen molar-refractivity contribution in [2.75, 3.05) is 7.11 Å². The summed E-state index contributed by atoms with van der Waals surface area (Å²) < 4.78 is 7.06. The average molecular weight is 334 g/mol. The molecule has 0 aliphatic heterocycles. The summed E-state index contributed by atoms with van der Waals surface area (Å²) in [5, 5.41) is 4.58. The van der Waals surface area contributed by atoms with Crippen molar-refractivity contribution in [2.24, 2.45) is 0 Å². The molecule has 0 unspecified atom stereocenters. The minimum atomic E-state index is -0.0669. The van der Waals surface area contributed by atoms with E-state index in [1.807, 2.05) is 36.1 Å². The van der Waals surface area contributed by atoms with Gasteiger partial charge in [-0.05, 0) is 25.8 Å². The maximum absolute atomic E-state index is 13.0. The van der Waals surface area contributed by atoms with Gasteiger partial charge in [-0.15, -0.1) is 0 Å². The second kappa shape index (κ2) is 6.62. The third-order valence-electron chi connectivity index (χ3n) is 4.08. The van der Waals surface area contributed by atoms with Gasteiger partial charge in [-0.3, -0.25) is 9.48 Å². The van der Waals surface area contributed by atoms with Crippen molar-refractivity contribution < 1.29 is 9.53 Å². The second-order valence-corrected chi connectivity index (χ2v) is 6.04. The fourth-order valence-electron chi connectivity index (χ4n) is 2.72. The van der Waals surface area contributed by atoms with Gasteiger partial charge >= 0.3 is 0 Å². The van der Waals surface area contributed by atoms with E-state index in [4.69, 9.17) is 16.3 Å². The highest BCUT2D eigenvalue weighted by Crippen LogP contribution is 2.32. The molecule has 1 aromatic heterocycles. The summed E-state index contributed by atoms with van der Waals surface area (Å²) in [6.45, 7) is 3.07. The van der Waals surface area contributed by atoms with Gasteiger partial charge in [0.15, 0.2) is 0 Å². The molecular weight excluding hydrogens is 314 g/mol. The molecule has 0 atom stereocenters. The molecule has 23 heavy (non-hydrogen) atoms. The molecule has 5 nitrogen and oxygen atoms in total. The van der Waals surface area contributed by atoms with Gasteiger partial charge in [0.2, 0.25) is 0 Å². The first-order chi connectivity index (χ1) is 11.2. The van der Waals surface area contributed by atoms with E-state index < -0.39 is 0 Å². The maximum atomic E-state index is 13.0. The van der Waals surface area contributed by atoms with Crippen LogP contribution in [0.1, 0.15) is 35.8 Å². The number of methoxy groups -OCH3 is 1. The number of benzene rings is 1. The lowest BCUT2D eigenvalue weighted by Crippen LogP contribution is -2.34. The molecule has 1 aliphatic rings. The number of carbonyl (C=O) groups is 1. The molecule has 1 fully saturated rings. The molecule has 0 spiro atoms. The molecule has 2 aromatic rings. The van der Waals surface area contributed by atoms with Gasteiger partial charge in [0.1, 0.15) is 11.4 Å². The Bertz CT molecular complexity index is 710. The number of amides is 1. The van der Waals surface area contributed by atoms with Gasteiger partial charge in [-0.1, -0.05) is 29.8 Å². The first-order valence-electron chi connectivity index (χ1n) is 7.79. The Morgan fingerprint density at radius 1 is 1.43 bits per heavy atom. The molecular formula is C17H20ClN3O2. The zero-order chi connectivity index (χ0) is 16.4. The van der Waals surface area contributed by atoms with Crippen molar-refractivity contribution in [3.05, 3.63) is 46.7 Å². The van der Waals surface area contributed by atoms with Crippen molar-refractivity contribution in [2.45, 2.75) is 38.9 Å². The van der Waals surface area contributed by atoms with Gasteiger partial charge < -0.3 is 9.64 Å². The predicted molar refractivity (Wildman–Crippen MR) is 88.8 cm³/mol. The summed E-state index contributed by atoms with van der Waals surface area (Å²) in [6.07, 6.45) is 3.59. The van der Waals surface area contributed by atoms with E-state index in [-0.39, 0.29) is 11.9 Å². The number of ether oxygens (including phenoxy) is 1. The maximum Gasteiger partial charge on any atom is 0.274 e. The Labute approximate surface area is 140 Å². The number of hydrogen-bond acceptors (Lipinski definition) is 3. The van der Waals surface area contributed by atoms with Gasteiger partial charge in [0.25, 0.3) is 5.91 Å². The minimum Gasteiger partial charge on any atom is -0.496 e. The Morgan fingerprint density at radius 2 is 2.17 bits per heavy atom. The van der Waals surface area contributed by atoms with Crippen LogP contribution in [0, 0.1) is 0 Å². The fourth-order valence-corrected chi connectivity index (χ4v) is 2.94. The smallest absolute Gasteiger partial charge is 0.274 e. The summed E-state index contributed by atoms with van der Waals surface area (Å²) in [5.74, 6) is 0.726. The SMILES string of the molecule is CCn1ncc(Cl)c1C(=O)N(Cc1ccccc1OC)C1CC1. The summed E-state index contributed by atoms with van der Waals surface area (Å²) >= 11 is 6.19. The zero-order valence-electron chi connectivity index (χ0n) is 13.3. The van der Waals surface area contributed by atoms with E-state index in [0.29, 0.717) is 23.8 Å². The number of halogens is 1. The molecule has 1 aromatic carbocycles. The quantitative estimate of drug-likeness (QED) is 0.814. The molecule has 1 heterocycles. The van der Waals surface area contributed by atoms with Gasteiger partial charge in [-0.2, -0.15) is 5.10 Å². The average Bonchev–Trinajstić information content (AvgIpc) is 3.34. The predicted octanol–water partition coefficient (Wildman–Crippen LogP) is 3.37. The Hall–Kier alpha value is -2.01. The molecule has 6 heteroatoms. The third kappa shape index (κ3) is 3.20. The summed E-state index contributed by atoms with van der Waals surface area (Å²) in [5.41, 5.74) is 1.46. The lowest BCUT2D eigenvalue weighted by atomic mass is 10.1. The number of aromatic nitrogens is 2. The molecule has 0 saturated heterocycles. The monoisotopic (exact) mass is 333 g/mol. The van der Waals surface area contributed by atoms with Crippen molar-refractivity contribution in [1.29, 1.82) is 0 Å². The molecule has 1 saturated carbocycles. The first kappa shape index (κ1) is 15.9. The van der Waals surface area contributed by atoms with Crippen LogP contribution in [0.15, 0.2) is 30.5 Å². The van der Waals surface area contributed by atoms with E-state index in [1.54, 1.807) is 11.8 Å². The van der Waals surface area contributed by atoms with Crippen LogP contribution in [0.4, 0.5) is 0 Å². The van der Waals surface area contributed by atoms with Crippen LogP contribution < -0.4 is 4.74 Å². The highest BCUT2D eigenvalue weighted by molar-refractivity contribution is 6.33. The standard InChI is InChI=1S/C17H20ClN3O2/c1-3-21-16(14(18)10-19-21)17(22)20(13-8-9-13)11-12-6-4-5-7-15(12)23-2/h4-7,10,13H,3,8-9,11H2,1-2H3.